The van der Waals surface area contributed by atoms with E-state index in [2.05, 4.69) is 41.6 Å². The van der Waals surface area contributed by atoms with Gasteiger partial charge in [-0.3, -0.25) is 4.90 Å². The molecule has 0 atom stereocenters. The number of rotatable bonds is 2. The number of hydrogen-bond donors (Lipinski definition) is 0. The Labute approximate surface area is 130 Å². The number of benzene rings is 1. The number of likely N-dealkylation sites (tertiary alicyclic amines) is 1. The summed E-state index contributed by atoms with van der Waals surface area (Å²) in [6, 6.07) is 6.96. The fourth-order valence-corrected chi connectivity index (χ4v) is 4.65. The number of sulfone groups is 1. The van der Waals surface area contributed by atoms with Crippen molar-refractivity contribution < 1.29 is 8.42 Å². The molecule has 1 fully saturated rings. The zero-order valence-electron chi connectivity index (χ0n) is 12.3. The second-order valence-electron chi connectivity index (χ2n) is 6.36. The summed E-state index contributed by atoms with van der Waals surface area (Å²) >= 11 is 3.34. The van der Waals surface area contributed by atoms with E-state index in [-0.39, 0.29) is 10.8 Å². The minimum atomic E-state index is -3.20. The van der Waals surface area contributed by atoms with Crippen molar-refractivity contribution in [3.05, 3.63) is 28.7 Å². The van der Waals surface area contributed by atoms with Crippen LogP contribution in [0.15, 0.2) is 33.6 Å². The minimum Gasteiger partial charge on any atom is -0.298 e. The lowest BCUT2D eigenvalue weighted by Gasteiger charge is -2.40. The number of nitrogens with zero attached hydrogens (tertiary/aromatic N) is 1. The van der Waals surface area contributed by atoms with Gasteiger partial charge in [0.15, 0.2) is 9.84 Å². The van der Waals surface area contributed by atoms with Crippen LogP contribution in [0, 0.1) is 0 Å². The summed E-state index contributed by atoms with van der Waals surface area (Å²) < 4.78 is 26.1. The Morgan fingerprint density at radius 3 is 2.05 bits per heavy atom. The number of halogens is 1. The second kappa shape index (κ2) is 5.78. The van der Waals surface area contributed by atoms with Crippen molar-refractivity contribution in [2.45, 2.75) is 49.3 Å². The Balaban J connectivity index is 2.11. The predicted octanol–water partition coefficient (Wildman–Crippen LogP) is 3.49. The zero-order chi connectivity index (χ0) is 15.0. The molecule has 0 bridgehead atoms. The van der Waals surface area contributed by atoms with E-state index in [0.29, 0.717) is 4.90 Å². The topological polar surface area (TPSA) is 37.4 Å². The first-order valence-corrected chi connectivity index (χ1v) is 9.30. The van der Waals surface area contributed by atoms with Crippen LogP contribution in [0.4, 0.5) is 0 Å². The van der Waals surface area contributed by atoms with Gasteiger partial charge in [0.1, 0.15) is 0 Å². The third kappa shape index (κ3) is 3.43. The molecule has 2 rings (SSSR count). The van der Waals surface area contributed by atoms with Crippen molar-refractivity contribution in [2.75, 3.05) is 13.1 Å². The largest absolute Gasteiger partial charge is 0.298 e. The lowest BCUT2D eigenvalue weighted by molar-refractivity contribution is 0.112. The molecule has 112 valence electrons. The SMILES string of the molecule is CC(C)(C)N1CCC(S(=O)(=O)c2ccc(Br)cc2)CC1. The molecule has 5 heteroatoms. The molecule has 0 N–H and O–H groups in total. The van der Waals surface area contributed by atoms with Crippen LogP contribution in [0.25, 0.3) is 0 Å². The summed E-state index contributed by atoms with van der Waals surface area (Å²) in [4.78, 5) is 2.80. The van der Waals surface area contributed by atoms with Crippen LogP contribution in [0.2, 0.25) is 0 Å². The van der Waals surface area contributed by atoms with Crippen LogP contribution in [-0.4, -0.2) is 37.2 Å². The normalized spacial score (nSPS) is 19.2. The predicted molar refractivity (Wildman–Crippen MR) is 85.7 cm³/mol. The molecular weight excluding hydrogens is 338 g/mol. The molecule has 3 nitrogen and oxygen atoms in total. The van der Waals surface area contributed by atoms with Crippen molar-refractivity contribution >= 4 is 25.8 Å². The van der Waals surface area contributed by atoms with Gasteiger partial charge in [0.2, 0.25) is 0 Å². The fraction of sp³-hybridized carbons (Fsp3) is 0.600. The molecule has 1 aromatic rings. The molecule has 20 heavy (non-hydrogen) atoms. The first kappa shape index (κ1) is 16.0. The Kier molecular flexibility index (Phi) is 4.62. The van der Waals surface area contributed by atoms with Crippen molar-refractivity contribution in [3.8, 4) is 0 Å². The van der Waals surface area contributed by atoms with Gasteiger partial charge in [-0.2, -0.15) is 0 Å². The lowest BCUT2D eigenvalue weighted by Crippen LogP contribution is -2.48. The van der Waals surface area contributed by atoms with E-state index in [1.54, 1.807) is 24.3 Å². The van der Waals surface area contributed by atoms with E-state index < -0.39 is 9.84 Å². The highest BCUT2D eigenvalue weighted by Gasteiger charge is 2.34. The molecule has 1 heterocycles. The van der Waals surface area contributed by atoms with Gasteiger partial charge in [0.25, 0.3) is 0 Å². The zero-order valence-corrected chi connectivity index (χ0v) is 14.7. The van der Waals surface area contributed by atoms with Crippen molar-refractivity contribution in [2.24, 2.45) is 0 Å². The molecule has 0 spiro atoms. The average Bonchev–Trinajstić information content (AvgIpc) is 2.38. The monoisotopic (exact) mass is 359 g/mol. The molecule has 0 aliphatic carbocycles. The summed E-state index contributed by atoms with van der Waals surface area (Å²) in [5.41, 5.74) is 0.117. The van der Waals surface area contributed by atoms with Crippen molar-refractivity contribution in [1.82, 2.24) is 4.90 Å². The molecule has 0 radical (unpaired) electrons. The summed E-state index contributed by atoms with van der Waals surface area (Å²) in [5, 5.41) is -0.248. The van der Waals surface area contributed by atoms with Crippen LogP contribution in [-0.2, 0) is 9.84 Å². The number of piperidine rings is 1. The number of hydrogen-bond acceptors (Lipinski definition) is 3. The highest BCUT2D eigenvalue weighted by molar-refractivity contribution is 9.10. The van der Waals surface area contributed by atoms with Gasteiger partial charge in [0, 0.05) is 10.0 Å². The smallest absolute Gasteiger partial charge is 0.181 e. The Hall–Kier alpha value is -0.390. The van der Waals surface area contributed by atoms with E-state index in [0.717, 1.165) is 30.4 Å². The van der Waals surface area contributed by atoms with Crippen molar-refractivity contribution in [3.63, 3.8) is 0 Å². The molecule has 1 saturated heterocycles. The first-order valence-electron chi connectivity index (χ1n) is 6.96. The Morgan fingerprint density at radius 2 is 1.60 bits per heavy atom. The van der Waals surface area contributed by atoms with Crippen LogP contribution in [0.1, 0.15) is 33.6 Å². The van der Waals surface area contributed by atoms with Gasteiger partial charge >= 0.3 is 0 Å². The maximum atomic E-state index is 12.6. The summed E-state index contributed by atoms with van der Waals surface area (Å²) in [6.07, 6.45) is 1.44. The summed E-state index contributed by atoms with van der Waals surface area (Å²) in [7, 11) is -3.20. The highest BCUT2D eigenvalue weighted by Crippen LogP contribution is 2.28. The third-order valence-corrected chi connectivity index (χ3v) is 6.78. The van der Waals surface area contributed by atoms with Gasteiger partial charge in [-0.25, -0.2) is 8.42 Å². The second-order valence-corrected chi connectivity index (χ2v) is 9.50. The van der Waals surface area contributed by atoms with Gasteiger partial charge < -0.3 is 0 Å². The van der Waals surface area contributed by atoms with Crippen LogP contribution in [0.3, 0.4) is 0 Å². The Bertz CT molecular complexity index is 553. The van der Waals surface area contributed by atoms with E-state index >= 15 is 0 Å². The van der Waals surface area contributed by atoms with Crippen LogP contribution in [0.5, 0.6) is 0 Å². The molecule has 0 aromatic heterocycles. The van der Waals surface area contributed by atoms with E-state index in [4.69, 9.17) is 0 Å². The summed E-state index contributed by atoms with van der Waals surface area (Å²) in [5.74, 6) is 0. The van der Waals surface area contributed by atoms with Crippen molar-refractivity contribution in [1.29, 1.82) is 0 Å². The quantitative estimate of drug-likeness (QED) is 0.810. The third-order valence-electron chi connectivity index (χ3n) is 3.97. The fourth-order valence-electron chi connectivity index (χ4n) is 2.65. The minimum absolute atomic E-state index is 0.117. The first-order chi connectivity index (χ1) is 9.21. The molecule has 0 unspecified atom stereocenters. The maximum Gasteiger partial charge on any atom is 0.181 e. The van der Waals surface area contributed by atoms with Crippen LogP contribution < -0.4 is 0 Å². The average molecular weight is 360 g/mol. The van der Waals surface area contributed by atoms with E-state index in [9.17, 15) is 8.42 Å². The van der Waals surface area contributed by atoms with Gasteiger partial charge in [0.05, 0.1) is 10.1 Å². The molecule has 0 amide bonds. The molecule has 1 aromatic carbocycles. The molecule has 0 saturated carbocycles. The van der Waals surface area contributed by atoms with E-state index in [1.165, 1.54) is 0 Å². The highest BCUT2D eigenvalue weighted by atomic mass is 79.9. The van der Waals surface area contributed by atoms with Crippen LogP contribution >= 0.6 is 15.9 Å². The lowest BCUT2D eigenvalue weighted by atomic mass is 10.0. The molecule has 1 aliphatic rings. The molecule has 1 aliphatic heterocycles. The summed E-state index contributed by atoms with van der Waals surface area (Å²) in [6.45, 7) is 8.23. The van der Waals surface area contributed by atoms with Gasteiger partial charge in [-0.15, -0.1) is 0 Å². The maximum absolute atomic E-state index is 12.6. The van der Waals surface area contributed by atoms with E-state index in [1.807, 2.05) is 0 Å². The Morgan fingerprint density at radius 1 is 1.10 bits per heavy atom. The van der Waals surface area contributed by atoms with Gasteiger partial charge in [-0.05, 0) is 71.0 Å². The standard InChI is InChI=1S/C15H22BrNO2S/c1-15(2,3)17-10-8-14(9-11-17)20(18,19)13-6-4-12(16)5-7-13/h4-7,14H,8-11H2,1-3H3. The molecular formula is C15H22BrNO2S. The van der Waals surface area contributed by atoms with Gasteiger partial charge in [-0.1, -0.05) is 15.9 Å².